The molecule has 1 aromatic rings. The van der Waals surface area contributed by atoms with Gasteiger partial charge in [0.15, 0.2) is 24.2 Å². The zero-order valence-corrected chi connectivity index (χ0v) is 32.9. The minimum absolute atomic E-state index is 0.0829. The molecule has 0 spiro atoms. The maximum absolute atomic E-state index is 13.8. The highest BCUT2D eigenvalue weighted by molar-refractivity contribution is 5.95. The van der Waals surface area contributed by atoms with Crippen molar-refractivity contribution >= 4 is 23.7 Å². The van der Waals surface area contributed by atoms with Crippen LogP contribution in [0.2, 0.25) is 0 Å². The lowest BCUT2D eigenvalue weighted by molar-refractivity contribution is -0.241. The molecule has 10 atom stereocenters. The molecule has 7 N–H and O–H groups in total. The molecule has 2 saturated heterocycles. The number of esters is 1. The van der Waals surface area contributed by atoms with Gasteiger partial charge in [-0.05, 0) is 52.5 Å². The number of aromatic amines is 1. The molecule has 0 bridgehead atoms. The third kappa shape index (κ3) is 11.5. The number of methoxy groups -OCH3 is 1. The molecule has 2 fully saturated rings. The first-order valence-electron chi connectivity index (χ1n) is 19.6. The first-order chi connectivity index (χ1) is 26.6. The molecule has 0 aromatic carbocycles. The monoisotopic (exact) mass is 793 g/mol. The number of unbranched alkanes of at least 4 members (excludes halogenated alkanes) is 7. The zero-order valence-electron chi connectivity index (χ0n) is 32.9. The number of aromatic nitrogens is 2. The molecular formula is C38H59N5O13. The van der Waals surface area contributed by atoms with Crippen LogP contribution in [0.4, 0.5) is 0 Å². The van der Waals surface area contributed by atoms with Crippen molar-refractivity contribution in [1.82, 2.24) is 20.2 Å². The number of nitrogens with one attached hydrogen (secondary N) is 3. The molecule has 0 radical (unpaired) electrons. The Labute approximate surface area is 325 Å². The number of aliphatic hydroxyl groups excluding tert-OH is 2. The van der Waals surface area contributed by atoms with Crippen LogP contribution in [0.25, 0.3) is 0 Å². The smallest absolute Gasteiger partial charge is 0.330 e. The molecule has 3 aliphatic rings. The van der Waals surface area contributed by atoms with Crippen LogP contribution < -0.4 is 27.6 Å². The number of H-pyrrole nitrogens is 1. The van der Waals surface area contributed by atoms with Crippen LogP contribution in [0.3, 0.4) is 0 Å². The molecule has 4 heterocycles. The summed E-state index contributed by atoms with van der Waals surface area (Å²) in [7, 11) is 1.24. The van der Waals surface area contributed by atoms with Crippen molar-refractivity contribution in [2.24, 2.45) is 11.1 Å². The number of amides is 3. The van der Waals surface area contributed by atoms with Gasteiger partial charge in [-0.2, -0.15) is 0 Å². The van der Waals surface area contributed by atoms with E-state index in [1.54, 1.807) is 13.8 Å². The van der Waals surface area contributed by atoms with Gasteiger partial charge in [-0.1, -0.05) is 58.3 Å². The maximum atomic E-state index is 13.8. The quantitative estimate of drug-likeness (QED) is 0.0843. The molecule has 4 rings (SSSR count). The average Bonchev–Trinajstić information content (AvgIpc) is 3.40. The summed E-state index contributed by atoms with van der Waals surface area (Å²) in [6.45, 7) is 7.49. The molecule has 3 amide bonds. The fourth-order valence-corrected chi connectivity index (χ4v) is 7.12. The average molecular weight is 794 g/mol. The fraction of sp³-hybridized carbons (Fsp3) is 0.737. The predicted octanol–water partition coefficient (Wildman–Crippen LogP) is 0.924. The van der Waals surface area contributed by atoms with Crippen LogP contribution in [0.1, 0.15) is 111 Å². The van der Waals surface area contributed by atoms with Crippen molar-refractivity contribution in [3.63, 3.8) is 0 Å². The number of nitrogens with two attached hydrogens (primary N) is 1. The molecule has 0 unspecified atom stereocenters. The number of hydrogen-bond acceptors (Lipinski definition) is 13. The predicted molar refractivity (Wildman–Crippen MR) is 199 cm³/mol. The Hall–Kier alpha value is -4.10. The van der Waals surface area contributed by atoms with E-state index in [9.17, 15) is 39.0 Å². The van der Waals surface area contributed by atoms with E-state index in [0.29, 0.717) is 25.7 Å². The normalized spacial score (nSPS) is 28.7. The Kier molecular flexibility index (Phi) is 16.2. The summed E-state index contributed by atoms with van der Waals surface area (Å²) in [5, 5.41) is 26.9. The SMILES string of the molecule is CCCCCCCCCCC(C)(C)C(=O)O[C@@H]1[C@H](OC)[C@@H]([C@@H](O[C@H]2OC(C(=O)N[C@H]3CCC[C@@H](C)NC3=O)=C[C@H](O)[C@@H]2O)C(N)=O)O[C@H]1n1ccc(=O)[nH]c1=O. The highest BCUT2D eigenvalue weighted by Gasteiger charge is 2.55. The topological polar surface area (TPSA) is 260 Å². The molecule has 18 heteroatoms. The highest BCUT2D eigenvalue weighted by atomic mass is 16.7. The Bertz CT molecular complexity index is 1660. The third-order valence-electron chi connectivity index (χ3n) is 10.5. The number of primary amides is 1. The summed E-state index contributed by atoms with van der Waals surface area (Å²) in [6.07, 6.45) is -0.176. The number of rotatable bonds is 19. The Balaban J connectivity index is 1.53. The first kappa shape index (κ1) is 44.6. The number of hydrogen-bond donors (Lipinski definition) is 6. The fourth-order valence-electron chi connectivity index (χ4n) is 7.12. The Morgan fingerprint density at radius 3 is 2.38 bits per heavy atom. The summed E-state index contributed by atoms with van der Waals surface area (Å²) in [5.41, 5.74) is 3.20. The van der Waals surface area contributed by atoms with E-state index < -0.39 is 101 Å². The van der Waals surface area contributed by atoms with Crippen LogP contribution in [0, 0.1) is 5.41 Å². The number of ether oxygens (including phenoxy) is 5. The second-order valence-corrected chi connectivity index (χ2v) is 15.5. The minimum atomic E-state index is -1.89. The van der Waals surface area contributed by atoms with Crippen molar-refractivity contribution in [2.45, 2.75) is 166 Å². The van der Waals surface area contributed by atoms with Crippen molar-refractivity contribution in [1.29, 1.82) is 0 Å². The van der Waals surface area contributed by atoms with Gasteiger partial charge in [0.1, 0.15) is 30.5 Å². The van der Waals surface area contributed by atoms with Gasteiger partial charge in [0.05, 0.1) is 5.41 Å². The van der Waals surface area contributed by atoms with Crippen molar-refractivity contribution in [2.75, 3.05) is 7.11 Å². The highest BCUT2D eigenvalue weighted by Crippen LogP contribution is 2.38. The summed E-state index contributed by atoms with van der Waals surface area (Å²) in [4.78, 5) is 79.8. The molecule has 3 aliphatic heterocycles. The number of aliphatic hydroxyl groups is 2. The van der Waals surface area contributed by atoms with Gasteiger partial charge in [0.2, 0.25) is 18.1 Å². The number of carbonyl (C=O) groups is 4. The van der Waals surface area contributed by atoms with Gasteiger partial charge in [-0.25, -0.2) is 4.79 Å². The van der Waals surface area contributed by atoms with Gasteiger partial charge in [-0.15, -0.1) is 0 Å². The van der Waals surface area contributed by atoms with E-state index in [-0.39, 0.29) is 6.04 Å². The van der Waals surface area contributed by atoms with E-state index in [4.69, 9.17) is 29.4 Å². The zero-order chi connectivity index (χ0) is 41.2. The summed E-state index contributed by atoms with van der Waals surface area (Å²) >= 11 is 0. The number of carbonyl (C=O) groups excluding carboxylic acids is 4. The molecule has 56 heavy (non-hydrogen) atoms. The maximum Gasteiger partial charge on any atom is 0.330 e. The van der Waals surface area contributed by atoms with Crippen molar-refractivity contribution < 1.29 is 53.1 Å². The van der Waals surface area contributed by atoms with Crippen molar-refractivity contribution in [3.05, 3.63) is 44.9 Å². The van der Waals surface area contributed by atoms with Gasteiger partial charge < -0.3 is 50.3 Å². The minimum Gasteiger partial charge on any atom is -0.456 e. The number of nitrogens with zero attached hydrogens (tertiary/aromatic N) is 1. The van der Waals surface area contributed by atoms with Gasteiger partial charge in [0.25, 0.3) is 11.5 Å². The summed E-state index contributed by atoms with van der Waals surface area (Å²) in [6, 6.07) is 0.0745. The molecule has 0 saturated carbocycles. The van der Waals surface area contributed by atoms with Gasteiger partial charge in [0, 0.05) is 25.4 Å². The van der Waals surface area contributed by atoms with E-state index >= 15 is 0 Å². The molecule has 18 nitrogen and oxygen atoms in total. The van der Waals surface area contributed by atoms with E-state index in [1.807, 2.05) is 6.92 Å². The lowest BCUT2D eigenvalue weighted by atomic mass is 9.86. The van der Waals surface area contributed by atoms with Crippen LogP contribution in [-0.2, 0) is 42.9 Å². The summed E-state index contributed by atoms with van der Waals surface area (Å²) < 4.78 is 30.3. The molecule has 1 aromatic heterocycles. The van der Waals surface area contributed by atoms with Crippen LogP contribution in [0.15, 0.2) is 33.7 Å². The van der Waals surface area contributed by atoms with Gasteiger partial charge in [-0.3, -0.25) is 33.5 Å². The molecule has 0 aliphatic carbocycles. The van der Waals surface area contributed by atoms with Crippen LogP contribution >= 0.6 is 0 Å². The van der Waals surface area contributed by atoms with Crippen LogP contribution in [0.5, 0.6) is 0 Å². The van der Waals surface area contributed by atoms with Crippen molar-refractivity contribution in [3.8, 4) is 0 Å². The standard InChI is InChI=1S/C38H59N5O13/c1-6-7-8-9-10-11-12-13-18-38(3,4)36(50)56-30-27(52-5)28(54-34(30)43-19-17-25(45)42-37(43)51)29(31(39)47)55-35-26(46)23(44)20-24(53-35)33(49)41-22-16-14-15-21(2)40-32(22)48/h17,19-23,26-30,34-35,44,46H,6-16,18H2,1-5H3,(H2,39,47)(H,40,48)(H,41,49)(H,42,45,51)/t21-,22+,23+,26+,27-,28+,29-,30-,34-,35-/m1/s1. The second kappa shape index (κ2) is 20.4. The van der Waals surface area contributed by atoms with Crippen LogP contribution in [-0.4, -0.2) is 106 Å². The lowest BCUT2D eigenvalue weighted by Crippen LogP contribution is -2.54. The van der Waals surface area contributed by atoms with E-state index in [0.717, 1.165) is 48.6 Å². The largest absolute Gasteiger partial charge is 0.456 e. The second-order valence-electron chi connectivity index (χ2n) is 15.5. The Morgan fingerprint density at radius 1 is 1.05 bits per heavy atom. The van der Waals surface area contributed by atoms with Gasteiger partial charge >= 0.3 is 11.7 Å². The summed E-state index contributed by atoms with van der Waals surface area (Å²) in [5.74, 6) is -3.58. The van der Waals surface area contributed by atoms with E-state index in [1.165, 1.54) is 32.8 Å². The molecular weight excluding hydrogens is 734 g/mol. The molecule has 314 valence electrons. The van der Waals surface area contributed by atoms with E-state index in [2.05, 4.69) is 22.5 Å². The lowest BCUT2D eigenvalue weighted by Gasteiger charge is -2.35. The third-order valence-corrected chi connectivity index (χ3v) is 10.5. The Morgan fingerprint density at radius 2 is 1.73 bits per heavy atom. The first-order valence-corrected chi connectivity index (χ1v) is 19.6.